The molecule has 0 saturated carbocycles. The summed E-state index contributed by atoms with van der Waals surface area (Å²) in [6, 6.07) is 12.5. The second-order valence-corrected chi connectivity index (χ2v) is 12.6. The number of carbonyl (C=O) groups excluding carboxylic acids is 2. The minimum Gasteiger partial charge on any atom is -0.494 e. The van der Waals surface area contributed by atoms with E-state index in [1.54, 1.807) is 31.2 Å². The number of benzene rings is 2. The van der Waals surface area contributed by atoms with E-state index < -0.39 is 21.3 Å². The maximum Gasteiger partial charge on any atom is 0.323 e. The molecular weight excluding hydrogens is 518 g/mol. The summed E-state index contributed by atoms with van der Waals surface area (Å²) < 4.78 is 34.7. The lowest BCUT2D eigenvalue weighted by Crippen LogP contribution is -2.42. The molecule has 2 amide bonds. The Morgan fingerprint density at radius 2 is 1.64 bits per heavy atom. The van der Waals surface area contributed by atoms with E-state index in [2.05, 4.69) is 15.5 Å². The van der Waals surface area contributed by atoms with Crippen LogP contribution < -0.4 is 20.3 Å². The third-order valence-corrected chi connectivity index (χ3v) is 8.67. The molecule has 0 aromatic heterocycles. The summed E-state index contributed by atoms with van der Waals surface area (Å²) in [6.45, 7) is 11.1. The molecular formula is C29H41N3O6S. The normalized spacial score (nSPS) is 15.3. The number of esters is 1. The number of rotatable bonds is 11. The van der Waals surface area contributed by atoms with Crippen molar-refractivity contribution >= 4 is 38.9 Å². The number of urea groups is 1. The van der Waals surface area contributed by atoms with Crippen molar-refractivity contribution in [3.63, 3.8) is 0 Å². The van der Waals surface area contributed by atoms with Gasteiger partial charge in [0.05, 0.1) is 42.5 Å². The van der Waals surface area contributed by atoms with Crippen LogP contribution in [-0.4, -0.2) is 57.7 Å². The molecule has 10 heteroatoms. The number of ether oxygens (including phenoxy) is 2. The van der Waals surface area contributed by atoms with Gasteiger partial charge < -0.3 is 25.0 Å². The highest BCUT2D eigenvalue weighted by Crippen LogP contribution is 2.37. The summed E-state index contributed by atoms with van der Waals surface area (Å²) in [5.74, 6) is 0.739. The molecule has 0 unspecified atom stereocenters. The van der Waals surface area contributed by atoms with Gasteiger partial charge in [-0.2, -0.15) is 0 Å². The van der Waals surface area contributed by atoms with Crippen LogP contribution in [0.5, 0.6) is 5.75 Å². The molecule has 0 aliphatic carbocycles. The molecule has 1 saturated heterocycles. The summed E-state index contributed by atoms with van der Waals surface area (Å²) in [5.41, 5.74) is 2.34. The van der Waals surface area contributed by atoms with Crippen LogP contribution in [-0.2, 0) is 24.8 Å². The van der Waals surface area contributed by atoms with Crippen molar-refractivity contribution in [3.8, 4) is 5.75 Å². The maximum atomic E-state index is 13.1. The smallest absolute Gasteiger partial charge is 0.323 e. The first-order chi connectivity index (χ1) is 18.5. The number of carbonyl (C=O) groups is 2. The molecule has 2 N–H and O–H groups in total. The SMILES string of the molecule is CCOC(=O)CC(C)(C)c1ccc(N(CC)C2CCS(=O)(=O)CC2)c(NC(=O)Nc2ccc(OCC)cc2)c1. The number of anilines is 3. The highest BCUT2D eigenvalue weighted by atomic mass is 32.2. The summed E-state index contributed by atoms with van der Waals surface area (Å²) in [5, 5.41) is 5.87. The van der Waals surface area contributed by atoms with Crippen molar-refractivity contribution in [2.75, 3.05) is 46.8 Å². The monoisotopic (exact) mass is 559 g/mol. The quantitative estimate of drug-likeness (QED) is 0.356. The molecule has 0 bridgehead atoms. The second-order valence-electron chi connectivity index (χ2n) is 10.3. The highest BCUT2D eigenvalue weighted by Gasteiger charge is 2.31. The minimum absolute atomic E-state index is 0.0339. The van der Waals surface area contributed by atoms with Gasteiger partial charge in [-0.25, -0.2) is 13.2 Å². The van der Waals surface area contributed by atoms with Gasteiger partial charge in [0.25, 0.3) is 0 Å². The standard InChI is InChI=1S/C29H41N3O6S/c1-6-32(23-15-17-39(35,36)18-16-23)26-14-9-21(29(4,5)20-27(33)38-8-3)19-25(26)31-28(34)30-22-10-12-24(13-11-22)37-7-2/h9-14,19,23H,6-8,15-18,20H2,1-5H3,(H2,30,31,34). The predicted octanol–water partition coefficient (Wildman–Crippen LogP) is 5.36. The molecule has 2 aromatic rings. The largest absolute Gasteiger partial charge is 0.494 e. The van der Waals surface area contributed by atoms with Crippen molar-refractivity contribution in [1.29, 1.82) is 0 Å². The van der Waals surface area contributed by atoms with E-state index in [0.717, 1.165) is 17.0 Å². The van der Waals surface area contributed by atoms with Gasteiger partial charge in [0, 0.05) is 23.7 Å². The van der Waals surface area contributed by atoms with Crippen molar-refractivity contribution in [3.05, 3.63) is 48.0 Å². The molecule has 39 heavy (non-hydrogen) atoms. The van der Waals surface area contributed by atoms with Gasteiger partial charge in [-0.1, -0.05) is 19.9 Å². The van der Waals surface area contributed by atoms with Gasteiger partial charge in [-0.3, -0.25) is 4.79 Å². The Kier molecular flexibility index (Phi) is 10.2. The number of nitrogens with one attached hydrogen (secondary N) is 2. The first-order valence-corrected chi connectivity index (χ1v) is 15.4. The first-order valence-electron chi connectivity index (χ1n) is 13.6. The van der Waals surface area contributed by atoms with Gasteiger partial charge in [-0.05, 0) is 75.6 Å². The number of sulfone groups is 1. The number of hydrogen-bond donors (Lipinski definition) is 2. The van der Waals surface area contributed by atoms with Crippen LogP contribution in [0.4, 0.5) is 21.9 Å². The molecule has 1 fully saturated rings. The Labute approximate surface area is 232 Å². The first kappa shape index (κ1) is 30.3. The van der Waals surface area contributed by atoms with Crippen LogP contribution in [0.15, 0.2) is 42.5 Å². The molecule has 2 aromatic carbocycles. The van der Waals surface area contributed by atoms with Crippen molar-refractivity contribution in [2.45, 2.75) is 65.3 Å². The van der Waals surface area contributed by atoms with E-state index in [4.69, 9.17) is 9.47 Å². The topological polar surface area (TPSA) is 114 Å². The van der Waals surface area contributed by atoms with Gasteiger partial charge >= 0.3 is 12.0 Å². The Morgan fingerprint density at radius 1 is 0.974 bits per heavy atom. The van der Waals surface area contributed by atoms with Crippen LogP contribution in [0.25, 0.3) is 0 Å². The lowest BCUT2D eigenvalue weighted by molar-refractivity contribution is -0.144. The average Bonchev–Trinajstić information content (AvgIpc) is 2.87. The fraction of sp³-hybridized carbons (Fsp3) is 0.517. The van der Waals surface area contributed by atoms with E-state index >= 15 is 0 Å². The Balaban J connectivity index is 1.91. The van der Waals surface area contributed by atoms with Crippen LogP contribution in [0.1, 0.15) is 59.4 Å². The summed E-state index contributed by atoms with van der Waals surface area (Å²) in [7, 11) is -3.01. The van der Waals surface area contributed by atoms with Crippen molar-refractivity contribution in [1.82, 2.24) is 0 Å². The molecule has 1 aliphatic rings. The van der Waals surface area contributed by atoms with Crippen LogP contribution >= 0.6 is 0 Å². The van der Waals surface area contributed by atoms with Crippen LogP contribution in [0.3, 0.4) is 0 Å². The fourth-order valence-electron chi connectivity index (χ4n) is 4.88. The number of amides is 2. The third kappa shape index (κ3) is 8.36. The molecule has 0 atom stereocenters. The zero-order valence-electron chi connectivity index (χ0n) is 23.6. The zero-order chi connectivity index (χ0) is 28.6. The van der Waals surface area contributed by atoms with Crippen molar-refractivity contribution in [2.24, 2.45) is 0 Å². The van der Waals surface area contributed by atoms with Gasteiger partial charge in [0.2, 0.25) is 0 Å². The maximum absolute atomic E-state index is 13.1. The van der Waals surface area contributed by atoms with Gasteiger partial charge in [0.15, 0.2) is 0 Å². The summed E-state index contributed by atoms with van der Waals surface area (Å²) in [6.07, 6.45) is 1.25. The summed E-state index contributed by atoms with van der Waals surface area (Å²) in [4.78, 5) is 27.5. The van der Waals surface area contributed by atoms with Crippen LogP contribution in [0, 0.1) is 0 Å². The summed E-state index contributed by atoms with van der Waals surface area (Å²) >= 11 is 0. The van der Waals surface area contributed by atoms with Gasteiger partial charge in [0.1, 0.15) is 15.6 Å². The molecule has 1 heterocycles. The zero-order valence-corrected chi connectivity index (χ0v) is 24.4. The van der Waals surface area contributed by atoms with E-state index in [1.165, 1.54) is 0 Å². The van der Waals surface area contributed by atoms with E-state index in [9.17, 15) is 18.0 Å². The number of hydrogen-bond acceptors (Lipinski definition) is 7. The highest BCUT2D eigenvalue weighted by molar-refractivity contribution is 7.91. The Bertz CT molecular complexity index is 1230. The lowest BCUT2D eigenvalue weighted by Gasteiger charge is -2.37. The minimum atomic E-state index is -3.01. The fourth-order valence-corrected chi connectivity index (χ4v) is 6.35. The van der Waals surface area contributed by atoms with E-state index in [1.807, 2.05) is 45.9 Å². The van der Waals surface area contributed by atoms with Gasteiger partial charge in [-0.15, -0.1) is 0 Å². The van der Waals surface area contributed by atoms with Crippen molar-refractivity contribution < 1.29 is 27.5 Å². The molecule has 1 aliphatic heterocycles. The third-order valence-electron chi connectivity index (χ3n) is 6.96. The lowest BCUT2D eigenvalue weighted by atomic mass is 9.81. The molecule has 214 valence electrons. The average molecular weight is 560 g/mol. The Morgan fingerprint density at radius 3 is 2.23 bits per heavy atom. The molecule has 3 rings (SSSR count). The van der Waals surface area contributed by atoms with Crippen LogP contribution in [0.2, 0.25) is 0 Å². The van der Waals surface area contributed by atoms with E-state index in [0.29, 0.717) is 44.0 Å². The van der Waals surface area contributed by atoms with E-state index in [-0.39, 0.29) is 29.9 Å². The molecule has 9 nitrogen and oxygen atoms in total. The molecule has 0 radical (unpaired) electrons. The second kappa shape index (κ2) is 13.2. The molecule has 0 spiro atoms. The number of nitrogens with zero attached hydrogens (tertiary/aromatic N) is 1. The predicted molar refractivity (Wildman–Crippen MR) is 156 cm³/mol. The Hall–Kier alpha value is -3.27.